The van der Waals surface area contributed by atoms with E-state index in [4.69, 9.17) is 20.8 Å². The van der Waals surface area contributed by atoms with Gasteiger partial charge in [0, 0.05) is 9.90 Å². The van der Waals surface area contributed by atoms with Gasteiger partial charge in [-0.05, 0) is 42.0 Å². The maximum Gasteiger partial charge on any atom is 0.348 e. The van der Waals surface area contributed by atoms with Gasteiger partial charge in [-0.1, -0.05) is 23.7 Å². The van der Waals surface area contributed by atoms with Gasteiger partial charge in [-0.3, -0.25) is 4.79 Å². The van der Waals surface area contributed by atoms with Gasteiger partial charge in [0.15, 0.2) is 6.61 Å². The second-order valence-corrected chi connectivity index (χ2v) is 6.62. The lowest BCUT2D eigenvalue weighted by molar-refractivity contribution is -0.124. The summed E-state index contributed by atoms with van der Waals surface area (Å²) in [5, 5.41) is 3.26. The number of halogens is 1. The minimum absolute atomic E-state index is 0.253. The molecule has 25 heavy (non-hydrogen) atoms. The number of amides is 1. The van der Waals surface area contributed by atoms with Crippen molar-refractivity contribution in [3.05, 3.63) is 70.5 Å². The fourth-order valence-corrected chi connectivity index (χ4v) is 3.10. The van der Waals surface area contributed by atoms with Crippen LogP contribution in [-0.2, 0) is 16.1 Å². The van der Waals surface area contributed by atoms with Gasteiger partial charge in [-0.25, -0.2) is 4.79 Å². The van der Waals surface area contributed by atoms with E-state index in [0.717, 1.165) is 10.4 Å². The van der Waals surface area contributed by atoms with E-state index in [9.17, 15) is 9.59 Å². The second kappa shape index (κ2) is 8.00. The molecule has 0 aliphatic rings. The number of hydrogen-bond acceptors (Lipinski definition) is 5. The first-order valence-corrected chi connectivity index (χ1v) is 8.63. The molecule has 2 heterocycles. The zero-order valence-electron chi connectivity index (χ0n) is 13.0. The molecule has 3 aromatic rings. The molecule has 128 valence electrons. The number of furan rings is 1. The molecule has 0 aliphatic heterocycles. The molecule has 0 saturated carbocycles. The van der Waals surface area contributed by atoms with E-state index in [2.05, 4.69) is 5.32 Å². The fraction of sp³-hybridized carbons (Fsp3) is 0.111. The minimum Gasteiger partial charge on any atom is -0.467 e. The lowest BCUT2D eigenvalue weighted by Gasteiger charge is -2.04. The summed E-state index contributed by atoms with van der Waals surface area (Å²) in [6.07, 6.45) is 1.52. The van der Waals surface area contributed by atoms with Gasteiger partial charge >= 0.3 is 5.97 Å². The van der Waals surface area contributed by atoms with Crippen molar-refractivity contribution in [2.24, 2.45) is 0 Å². The fourth-order valence-electron chi connectivity index (χ4n) is 2.07. The number of benzene rings is 1. The number of carbonyl (C=O) groups is 2. The number of ether oxygens (including phenoxy) is 1. The highest BCUT2D eigenvalue weighted by atomic mass is 35.5. The van der Waals surface area contributed by atoms with Crippen LogP contribution in [0, 0.1) is 0 Å². The molecule has 0 unspecified atom stereocenters. The number of hydrogen-bond donors (Lipinski definition) is 1. The first kappa shape index (κ1) is 17.3. The van der Waals surface area contributed by atoms with Crippen LogP contribution in [0.3, 0.4) is 0 Å². The zero-order chi connectivity index (χ0) is 17.6. The SMILES string of the molecule is O=C(COC(=O)c1ccc(-c2ccc(Cl)cc2)s1)NCc1ccco1. The van der Waals surface area contributed by atoms with Crippen molar-refractivity contribution in [3.8, 4) is 10.4 Å². The van der Waals surface area contributed by atoms with Gasteiger partial charge in [-0.2, -0.15) is 0 Å². The molecule has 7 heteroatoms. The highest BCUT2D eigenvalue weighted by molar-refractivity contribution is 7.17. The molecule has 0 bridgehead atoms. The average Bonchev–Trinajstić information content (AvgIpc) is 3.30. The van der Waals surface area contributed by atoms with Crippen LogP contribution in [0.4, 0.5) is 0 Å². The van der Waals surface area contributed by atoms with Gasteiger partial charge in [0.25, 0.3) is 5.91 Å². The third-order valence-electron chi connectivity index (χ3n) is 3.31. The maximum absolute atomic E-state index is 12.0. The van der Waals surface area contributed by atoms with E-state index in [0.29, 0.717) is 15.7 Å². The Morgan fingerprint density at radius 1 is 1.12 bits per heavy atom. The molecule has 0 aliphatic carbocycles. The Morgan fingerprint density at radius 3 is 2.64 bits per heavy atom. The summed E-state index contributed by atoms with van der Waals surface area (Å²) >= 11 is 7.17. The lowest BCUT2D eigenvalue weighted by Crippen LogP contribution is -2.28. The monoisotopic (exact) mass is 375 g/mol. The summed E-state index contributed by atoms with van der Waals surface area (Å²) in [5.74, 6) is -0.289. The molecular weight excluding hydrogens is 362 g/mol. The summed E-state index contributed by atoms with van der Waals surface area (Å²) in [6, 6.07) is 14.3. The van der Waals surface area contributed by atoms with Crippen LogP contribution in [0.25, 0.3) is 10.4 Å². The van der Waals surface area contributed by atoms with Crippen molar-refractivity contribution in [1.29, 1.82) is 0 Å². The van der Waals surface area contributed by atoms with E-state index in [1.54, 1.807) is 30.3 Å². The topological polar surface area (TPSA) is 68.5 Å². The van der Waals surface area contributed by atoms with Crippen molar-refractivity contribution in [1.82, 2.24) is 5.32 Å². The predicted octanol–water partition coefficient (Wildman–Crippen LogP) is 4.13. The van der Waals surface area contributed by atoms with Crippen molar-refractivity contribution >= 4 is 34.8 Å². The van der Waals surface area contributed by atoms with E-state index in [1.807, 2.05) is 18.2 Å². The highest BCUT2D eigenvalue weighted by Gasteiger charge is 2.13. The van der Waals surface area contributed by atoms with Crippen LogP contribution in [0.2, 0.25) is 5.02 Å². The van der Waals surface area contributed by atoms with Crippen LogP contribution in [0.1, 0.15) is 15.4 Å². The summed E-state index contributed by atoms with van der Waals surface area (Å²) < 4.78 is 10.1. The third-order valence-corrected chi connectivity index (χ3v) is 4.68. The van der Waals surface area contributed by atoms with Crippen LogP contribution in [-0.4, -0.2) is 18.5 Å². The molecule has 0 radical (unpaired) electrons. The second-order valence-electron chi connectivity index (χ2n) is 5.10. The molecule has 0 fully saturated rings. The van der Waals surface area contributed by atoms with Crippen LogP contribution >= 0.6 is 22.9 Å². The van der Waals surface area contributed by atoms with Crippen molar-refractivity contribution in [3.63, 3.8) is 0 Å². The zero-order valence-corrected chi connectivity index (χ0v) is 14.6. The Balaban J connectivity index is 1.51. The maximum atomic E-state index is 12.0. The Morgan fingerprint density at radius 2 is 1.92 bits per heavy atom. The van der Waals surface area contributed by atoms with Crippen molar-refractivity contribution in [2.75, 3.05) is 6.61 Å². The van der Waals surface area contributed by atoms with Crippen LogP contribution in [0.5, 0.6) is 0 Å². The van der Waals surface area contributed by atoms with E-state index in [1.165, 1.54) is 17.6 Å². The summed E-state index contributed by atoms with van der Waals surface area (Å²) in [6.45, 7) is -0.0865. The number of rotatable bonds is 6. The van der Waals surface area contributed by atoms with Gasteiger partial charge in [-0.15, -0.1) is 11.3 Å². The lowest BCUT2D eigenvalue weighted by atomic mass is 10.2. The van der Waals surface area contributed by atoms with Gasteiger partial charge in [0.2, 0.25) is 0 Å². The first-order valence-electron chi connectivity index (χ1n) is 7.44. The number of carbonyl (C=O) groups excluding carboxylic acids is 2. The normalized spacial score (nSPS) is 10.4. The molecule has 0 atom stereocenters. The number of nitrogens with one attached hydrogen (secondary N) is 1. The molecular formula is C18H14ClNO4S. The molecule has 0 saturated heterocycles. The smallest absolute Gasteiger partial charge is 0.348 e. The Labute approximate surface area is 153 Å². The van der Waals surface area contributed by atoms with Crippen LogP contribution < -0.4 is 5.32 Å². The summed E-state index contributed by atoms with van der Waals surface area (Å²) in [4.78, 5) is 25.1. The molecule has 3 rings (SSSR count). The number of thiophene rings is 1. The average molecular weight is 376 g/mol. The molecule has 1 amide bonds. The quantitative estimate of drug-likeness (QED) is 0.657. The van der Waals surface area contributed by atoms with E-state index < -0.39 is 5.97 Å². The minimum atomic E-state index is -0.529. The van der Waals surface area contributed by atoms with Crippen LogP contribution in [0.15, 0.2) is 59.2 Å². The van der Waals surface area contributed by atoms with Gasteiger partial charge in [0.1, 0.15) is 10.6 Å². The Hall–Kier alpha value is -2.57. The Bertz CT molecular complexity index is 856. The van der Waals surface area contributed by atoms with E-state index in [-0.39, 0.29) is 19.1 Å². The summed E-state index contributed by atoms with van der Waals surface area (Å²) in [5.41, 5.74) is 0.963. The van der Waals surface area contributed by atoms with Crippen molar-refractivity contribution < 1.29 is 18.7 Å². The Kier molecular flexibility index (Phi) is 5.53. The first-order chi connectivity index (χ1) is 12.1. The van der Waals surface area contributed by atoms with Gasteiger partial charge < -0.3 is 14.5 Å². The van der Waals surface area contributed by atoms with E-state index >= 15 is 0 Å². The van der Waals surface area contributed by atoms with Crippen molar-refractivity contribution in [2.45, 2.75) is 6.54 Å². The molecule has 5 nitrogen and oxygen atoms in total. The van der Waals surface area contributed by atoms with Gasteiger partial charge in [0.05, 0.1) is 12.8 Å². The largest absolute Gasteiger partial charge is 0.467 e. The number of esters is 1. The third kappa shape index (κ3) is 4.71. The highest BCUT2D eigenvalue weighted by Crippen LogP contribution is 2.29. The standard InChI is InChI=1S/C18H14ClNO4S/c19-13-5-3-12(4-6-13)15-7-8-16(25-15)18(22)24-11-17(21)20-10-14-2-1-9-23-14/h1-9H,10-11H2,(H,20,21). The summed E-state index contributed by atoms with van der Waals surface area (Å²) in [7, 11) is 0. The molecule has 1 N–H and O–H groups in total. The molecule has 0 spiro atoms. The molecule has 1 aromatic carbocycles. The molecule has 2 aromatic heterocycles. The predicted molar refractivity (Wildman–Crippen MR) is 95.6 cm³/mol.